The predicted octanol–water partition coefficient (Wildman–Crippen LogP) is 3.48. The van der Waals surface area contributed by atoms with Crippen LogP contribution in [0, 0.1) is 0 Å². The SMILES string of the molecule is O=C(NN=Cc1ccccc1OCc1ccc(Cl)cc1)C(=O)Nc1ccccc1C(=O)N1CCOCC1. The Bertz CT molecular complexity index is 1290. The summed E-state index contributed by atoms with van der Waals surface area (Å²) in [7, 11) is 0. The van der Waals surface area contributed by atoms with Gasteiger partial charge < -0.3 is 19.7 Å². The highest BCUT2D eigenvalue weighted by molar-refractivity contribution is 6.40. The minimum Gasteiger partial charge on any atom is -0.488 e. The molecule has 0 atom stereocenters. The minimum absolute atomic E-state index is 0.240. The number of halogens is 1. The van der Waals surface area contributed by atoms with Crippen LogP contribution in [0.15, 0.2) is 77.9 Å². The quantitative estimate of drug-likeness (QED) is 0.281. The van der Waals surface area contributed by atoms with Gasteiger partial charge in [0.15, 0.2) is 0 Å². The fourth-order valence-corrected chi connectivity index (χ4v) is 3.69. The third kappa shape index (κ3) is 7.16. The van der Waals surface area contributed by atoms with Crippen LogP contribution in [0.5, 0.6) is 5.75 Å². The number of para-hydroxylation sites is 2. The number of hydrogen-bond donors (Lipinski definition) is 2. The Hall–Kier alpha value is -4.21. The summed E-state index contributed by atoms with van der Waals surface area (Å²) in [6, 6.07) is 21.0. The summed E-state index contributed by atoms with van der Waals surface area (Å²) >= 11 is 5.92. The monoisotopic (exact) mass is 520 g/mol. The van der Waals surface area contributed by atoms with Crippen molar-refractivity contribution in [2.24, 2.45) is 5.10 Å². The molecule has 10 heteroatoms. The van der Waals surface area contributed by atoms with Gasteiger partial charge in [0.2, 0.25) is 0 Å². The zero-order valence-corrected chi connectivity index (χ0v) is 20.6. The Kier molecular flexibility index (Phi) is 8.85. The second-order valence-corrected chi connectivity index (χ2v) is 8.49. The molecule has 0 aromatic heterocycles. The lowest BCUT2D eigenvalue weighted by Gasteiger charge is -2.27. The summed E-state index contributed by atoms with van der Waals surface area (Å²) in [5, 5.41) is 7.03. The van der Waals surface area contributed by atoms with Crippen molar-refractivity contribution in [3.63, 3.8) is 0 Å². The maximum Gasteiger partial charge on any atom is 0.329 e. The summed E-state index contributed by atoms with van der Waals surface area (Å²) in [5.74, 6) is -1.63. The van der Waals surface area contributed by atoms with E-state index in [1.54, 1.807) is 59.5 Å². The molecule has 3 aromatic carbocycles. The van der Waals surface area contributed by atoms with Gasteiger partial charge in [-0.25, -0.2) is 5.43 Å². The first-order valence-electron chi connectivity index (χ1n) is 11.6. The van der Waals surface area contributed by atoms with Crippen molar-refractivity contribution in [2.45, 2.75) is 6.61 Å². The number of nitrogens with zero attached hydrogens (tertiary/aromatic N) is 2. The zero-order valence-electron chi connectivity index (χ0n) is 19.9. The molecule has 3 aromatic rings. The van der Waals surface area contributed by atoms with Crippen molar-refractivity contribution in [1.29, 1.82) is 0 Å². The van der Waals surface area contributed by atoms with Crippen LogP contribution in [0.3, 0.4) is 0 Å². The number of amides is 3. The Labute approximate surface area is 219 Å². The molecular formula is C27H25ClN4O5. The van der Waals surface area contributed by atoms with Gasteiger partial charge in [-0.3, -0.25) is 14.4 Å². The largest absolute Gasteiger partial charge is 0.488 e. The number of hydrazone groups is 1. The smallest absolute Gasteiger partial charge is 0.329 e. The van der Waals surface area contributed by atoms with Crippen LogP contribution in [0.2, 0.25) is 5.02 Å². The summed E-state index contributed by atoms with van der Waals surface area (Å²) < 4.78 is 11.1. The molecule has 9 nitrogen and oxygen atoms in total. The van der Waals surface area contributed by atoms with Crippen molar-refractivity contribution in [2.75, 3.05) is 31.6 Å². The van der Waals surface area contributed by atoms with Crippen molar-refractivity contribution < 1.29 is 23.9 Å². The lowest BCUT2D eigenvalue weighted by atomic mass is 10.1. The lowest BCUT2D eigenvalue weighted by Crippen LogP contribution is -2.41. The highest BCUT2D eigenvalue weighted by atomic mass is 35.5. The fraction of sp³-hybridized carbons (Fsp3) is 0.185. The summed E-state index contributed by atoms with van der Waals surface area (Å²) in [4.78, 5) is 39.3. The molecule has 0 spiro atoms. The topological polar surface area (TPSA) is 109 Å². The van der Waals surface area contributed by atoms with Crippen LogP contribution in [-0.4, -0.2) is 55.1 Å². The van der Waals surface area contributed by atoms with Crippen molar-refractivity contribution >= 4 is 41.2 Å². The van der Waals surface area contributed by atoms with Crippen LogP contribution in [0.25, 0.3) is 0 Å². The zero-order chi connectivity index (χ0) is 26.0. The van der Waals surface area contributed by atoms with E-state index < -0.39 is 11.8 Å². The highest BCUT2D eigenvalue weighted by Crippen LogP contribution is 2.19. The predicted molar refractivity (Wildman–Crippen MR) is 140 cm³/mol. The van der Waals surface area contributed by atoms with E-state index in [0.29, 0.717) is 54.8 Å². The van der Waals surface area contributed by atoms with Gasteiger partial charge >= 0.3 is 11.8 Å². The Morgan fingerprint density at radius 1 is 0.946 bits per heavy atom. The number of carbonyl (C=O) groups excluding carboxylic acids is 3. The number of morpholine rings is 1. The number of hydrogen-bond acceptors (Lipinski definition) is 6. The second kappa shape index (κ2) is 12.7. The molecule has 0 unspecified atom stereocenters. The van der Waals surface area contributed by atoms with E-state index in [2.05, 4.69) is 15.8 Å². The van der Waals surface area contributed by atoms with E-state index in [1.165, 1.54) is 6.21 Å². The molecule has 1 heterocycles. The van der Waals surface area contributed by atoms with Gasteiger partial charge in [-0.15, -0.1) is 0 Å². The molecule has 0 saturated carbocycles. The molecule has 2 N–H and O–H groups in total. The van der Waals surface area contributed by atoms with E-state index >= 15 is 0 Å². The number of anilines is 1. The molecule has 1 saturated heterocycles. The van der Waals surface area contributed by atoms with Gasteiger partial charge in [-0.05, 0) is 42.0 Å². The first-order chi connectivity index (χ1) is 18.0. The standard InChI is InChI=1S/C27H25ClN4O5/c28-21-11-9-19(10-12-21)18-37-24-8-4-1-5-20(24)17-29-31-26(34)25(33)30-23-7-3-2-6-22(23)27(35)32-13-15-36-16-14-32/h1-12,17H,13-16,18H2,(H,30,33)(H,31,34). The maximum atomic E-state index is 12.9. The molecule has 0 aliphatic carbocycles. The summed E-state index contributed by atoms with van der Waals surface area (Å²) in [5.41, 5.74) is 4.29. The van der Waals surface area contributed by atoms with Gasteiger partial charge in [-0.1, -0.05) is 48.0 Å². The summed E-state index contributed by atoms with van der Waals surface area (Å²) in [6.07, 6.45) is 1.39. The van der Waals surface area contributed by atoms with E-state index in [9.17, 15) is 14.4 Å². The number of benzene rings is 3. The molecule has 1 aliphatic rings. The number of carbonyl (C=O) groups is 3. The normalized spacial score (nSPS) is 13.3. The Morgan fingerprint density at radius 2 is 1.65 bits per heavy atom. The number of rotatable bonds is 7. The molecular weight excluding hydrogens is 496 g/mol. The van der Waals surface area contributed by atoms with E-state index in [4.69, 9.17) is 21.1 Å². The molecule has 4 rings (SSSR count). The van der Waals surface area contributed by atoms with E-state index in [-0.39, 0.29) is 11.6 Å². The Balaban J connectivity index is 1.35. The molecule has 0 radical (unpaired) electrons. The van der Waals surface area contributed by atoms with Gasteiger partial charge in [0.1, 0.15) is 12.4 Å². The van der Waals surface area contributed by atoms with Crippen LogP contribution >= 0.6 is 11.6 Å². The molecule has 1 aliphatic heterocycles. The van der Waals surface area contributed by atoms with Crippen LogP contribution in [0.1, 0.15) is 21.5 Å². The van der Waals surface area contributed by atoms with Crippen LogP contribution in [0.4, 0.5) is 5.69 Å². The van der Waals surface area contributed by atoms with Crippen molar-refractivity contribution in [1.82, 2.24) is 10.3 Å². The van der Waals surface area contributed by atoms with Gasteiger partial charge in [-0.2, -0.15) is 5.10 Å². The van der Waals surface area contributed by atoms with Gasteiger partial charge in [0.25, 0.3) is 5.91 Å². The molecule has 190 valence electrons. The van der Waals surface area contributed by atoms with Gasteiger partial charge in [0.05, 0.1) is 30.7 Å². The average molecular weight is 521 g/mol. The average Bonchev–Trinajstić information content (AvgIpc) is 2.93. The molecule has 1 fully saturated rings. The van der Waals surface area contributed by atoms with Crippen LogP contribution < -0.4 is 15.5 Å². The first kappa shape index (κ1) is 25.9. The van der Waals surface area contributed by atoms with Crippen molar-refractivity contribution in [3.8, 4) is 5.75 Å². The van der Waals surface area contributed by atoms with E-state index in [1.807, 2.05) is 18.2 Å². The van der Waals surface area contributed by atoms with Gasteiger partial charge in [0, 0.05) is 23.7 Å². The highest BCUT2D eigenvalue weighted by Gasteiger charge is 2.23. The van der Waals surface area contributed by atoms with Crippen LogP contribution in [-0.2, 0) is 20.9 Å². The second-order valence-electron chi connectivity index (χ2n) is 8.06. The Morgan fingerprint density at radius 3 is 2.43 bits per heavy atom. The minimum atomic E-state index is -0.982. The maximum absolute atomic E-state index is 12.9. The molecule has 37 heavy (non-hydrogen) atoms. The number of nitrogens with one attached hydrogen (secondary N) is 2. The molecule has 3 amide bonds. The van der Waals surface area contributed by atoms with E-state index in [0.717, 1.165) is 5.56 Å². The fourth-order valence-electron chi connectivity index (χ4n) is 3.57. The third-order valence-electron chi connectivity index (χ3n) is 5.51. The number of ether oxygens (including phenoxy) is 2. The third-order valence-corrected chi connectivity index (χ3v) is 5.76. The lowest BCUT2D eigenvalue weighted by molar-refractivity contribution is -0.136. The molecule has 0 bridgehead atoms. The first-order valence-corrected chi connectivity index (χ1v) is 12.0. The summed E-state index contributed by atoms with van der Waals surface area (Å²) in [6.45, 7) is 2.15. The van der Waals surface area contributed by atoms with Crippen molar-refractivity contribution in [3.05, 3.63) is 94.5 Å².